The van der Waals surface area contributed by atoms with Gasteiger partial charge in [0.05, 0.1) is 23.6 Å². The maximum atomic E-state index is 14.0. The highest BCUT2D eigenvalue weighted by molar-refractivity contribution is 5.97. The van der Waals surface area contributed by atoms with E-state index in [-0.39, 0.29) is 17.5 Å². The largest absolute Gasteiger partial charge is 0.341 e. The second-order valence-corrected chi connectivity index (χ2v) is 10.7. The molecule has 1 unspecified atom stereocenters. The fourth-order valence-electron chi connectivity index (χ4n) is 5.26. The zero-order valence-electron chi connectivity index (χ0n) is 22.5. The Morgan fingerprint density at radius 1 is 1.21 bits per heavy atom. The van der Waals surface area contributed by atoms with E-state index in [4.69, 9.17) is 0 Å². The number of nitrogens with zero attached hydrogens (tertiary/aromatic N) is 3. The summed E-state index contributed by atoms with van der Waals surface area (Å²) in [5.74, 6) is -1.13. The zero-order chi connectivity index (χ0) is 28.3. The van der Waals surface area contributed by atoms with Crippen molar-refractivity contribution in [3.8, 4) is 6.07 Å². The summed E-state index contributed by atoms with van der Waals surface area (Å²) in [4.78, 5) is 40.6. The number of rotatable bonds is 7. The molecular formula is C30H32FN5O3. The van der Waals surface area contributed by atoms with E-state index in [0.717, 1.165) is 11.1 Å². The first-order chi connectivity index (χ1) is 18.5. The monoisotopic (exact) mass is 529 g/mol. The maximum Gasteiger partial charge on any atom is 0.267 e. The fourth-order valence-corrected chi connectivity index (χ4v) is 5.26. The SMILES string of the molecule is Cc1cc(C(=O)NC(C)C(=O)N2[C@H](c3cccc(F)c3)CC[C@@H]2C(C)(C)C#N)ccc1Cc1ccn[nH]c1=O. The number of carbonyl (C=O) groups excluding carboxylic acids is 2. The van der Waals surface area contributed by atoms with Gasteiger partial charge in [-0.2, -0.15) is 10.4 Å². The highest BCUT2D eigenvalue weighted by Crippen LogP contribution is 2.43. The number of likely N-dealkylation sites (tertiary alicyclic amines) is 1. The molecule has 1 fully saturated rings. The van der Waals surface area contributed by atoms with Crippen molar-refractivity contribution >= 4 is 11.8 Å². The smallest absolute Gasteiger partial charge is 0.267 e. The fraction of sp³-hybridized carbons (Fsp3) is 0.367. The second kappa shape index (κ2) is 11.2. The van der Waals surface area contributed by atoms with Gasteiger partial charge in [-0.25, -0.2) is 9.49 Å². The average Bonchev–Trinajstić information content (AvgIpc) is 3.36. The van der Waals surface area contributed by atoms with Crippen LogP contribution in [0.1, 0.15) is 72.3 Å². The Balaban J connectivity index is 1.53. The van der Waals surface area contributed by atoms with Crippen LogP contribution in [0.4, 0.5) is 4.39 Å². The lowest BCUT2D eigenvalue weighted by Crippen LogP contribution is -2.52. The van der Waals surface area contributed by atoms with Crippen LogP contribution in [0.2, 0.25) is 0 Å². The van der Waals surface area contributed by atoms with E-state index in [0.29, 0.717) is 36.0 Å². The summed E-state index contributed by atoms with van der Waals surface area (Å²) in [6, 6.07) is 13.6. The quantitative estimate of drug-likeness (QED) is 0.475. The molecule has 8 nitrogen and oxygen atoms in total. The van der Waals surface area contributed by atoms with Gasteiger partial charge in [0.15, 0.2) is 0 Å². The minimum Gasteiger partial charge on any atom is -0.341 e. The Morgan fingerprint density at radius 2 is 1.97 bits per heavy atom. The Hall–Kier alpha value is -4.32. The molecule has 0 spiro atoms. The van der Waals surface area contributed by atoms with Crippen molar-refractivity contribution < 1.29 is 14.0 Å². The van der Waals surface area contributed by atoms with Crippen LogP contribution in [-0.4, -0.2) is 39.0 Å². The number of hydrogen-bond donors (Lipinski definition) is 2. The van der Waals surface area contributed by atoms with Gasteiger partial charge in [0.1, 0.15) is 11.9 Å². The van der Waals surface area contributed by atoms with Crippen LogP contribution in [0, 0.1) is 29.5 Å². The van der Waals surface area contributed by atoms with Crippen LogP contribution < -0.4 is 10.9 Å². The van der Waals surface area contributed by atoms with Gasteiger partial charge < -0.3 is 10.2 Å². The molecule has 2 aromatic carbocycles. The number of hydrogen-bond acceptors (Lipinski definition) is 5. The summed E-state index contributed by atoms with van der Waals surface area (Å²) < 4.78 is 14.0. The molecule has 2 heterocycles. The molecule has 1 aromatic heterocycles. The van der Waals surface area contributed by atoms with Crippen LogP contribution in [0.25, 0.3) is 0 Å². The predicted octanol–water partition coefficient (Wildman–Crippen LogP) is 4.21. The third-order valence-electron chi connectivity index (χ3n) is 7.51. The van der Waals surface area contributed by atoms with Crippen molar-refractivity contribution in [2.24, 2.45) is 5.41 Å². The van der Waals surface area contributed by atoms with Crippen LogP contribution in [0.5, 0.6) is 0 Å². The molecule has 1 saturated heterocycles. The number of aromatic amines is 1. The number of H-pyrrole nitrogens is 1. The van der Waals surface area contributed by atoms with Gasteiger partial charge >= 0.3 is 0 Å². The number of aromatic nitrogens is 2. The Kier molecular flexibility index (Phi) is 7.95. The van der Waals surface area contributed by atoms with Crippen molar-refractivity contribution in [2.45, 2.75) is 65.1 Å². The summed E-state index contributed by atoms with van der Waals surface area (Å²) in [5.41, 5.74) is 2.25. The molecule has 2 amide bonds. The van der Waals surface area contributed by atoms with Crippen LogP contribution in [0.15, 0.2) is 59.5 Å². The summed E-state index contributed by atoms with van der Waals surface area (Å²) in [5, 5.41) is 18.7. The number of nitrogens with one attached hydrogen (secondary N) is 2. The maximum absolute atomic E-state index is 14.0. The van der Waals surface area contributed by atoms with E-state index in [1.165, 1.54) is 18.3 Å². The number of aryl methyl sites for hydroxylation is 1. The van der Waals surface area contributed by atoms with Gasteiger partial charge in [-0.1, -0.05) is 18.2 Å². The van der Waals surface area contributed by atoms with Gasteiger partial charge in [0.25, 0.3) is 11.5 Å². The standard InChI is InChI=1S/C30H32FN5O3/c1-18-14-22(9-8-20(18)15-23-12-13-33-35-28(23)38)27(37)34-19(2)29(39)36-25(21-6-5-7-24(31)16-21)10-11-26(36)30(3,4)17-32/h5-9,12-14,16,19,25-26H,10-11,15H2,1-4H3,(H,34,37)(H,35,38)/t19?,25-,26+/m0/s1. The highest BCUT2D eigenvalue weighted by Gasteiger charge is 2.46. The van der Waals surface area contributed by atoms with Crippen molar-refractivity contribution in [1.29, 1.82) is 5.26 Å². The van der Waals surface area contributed by atoms with Crippen molar-refractivity contribution in [2.75, 3.05) is 0 Å². The highest BCUT2D eigenvalue weighted by atomic mass is 19.1. The molecule has 0 radical (unpaired) electrons. The van der Waals surface area contributed by atoms with E-state index in [1.807, 2.05) is 6.92 Å². The van der Waals surface area contributed by atoms with Crippen molar-refractivity contribution in [3.05, 3.63) is 98.7 Å². The number of carbonyl (C=O) groups is 2. The summed E-state index contributed by atoms with van der Waals surface area (Å²) >= 11 is 0. The number of nitriles is 1. The Bertz CT molecular complexity index is 1490. The van der Waals surface area contributed by atoms with E-state index in [9.17, 15) is 24.0 Å². The van der Waals surface area contributed by atoms with Gasteiger partial charge in [0, 0.05) is 23.7 Å². The van der Waals surface area contributed by atoms with Gasteiger partial charge in [-0.15, -0.1) is 0 Å². The van der Waals surface area contributed by atoms with E-state index in [2.05, 4.69) is 21.6 Å². The molecule has 3 aromatic rings. The first-order valence-corrected chi connectivity index (χ1v) is 12.9. The van der Waals surface area contributed by atoms with Crippen LogP contribution >= 0.6 is 0 Å². The molecule has 39 heavy (non-hydrogen) atoms. The third kappa shape index (κ3) is 5.90. The van der Waals surface area contributed by atoms with Crippen LogP contribution in [0.3, 0.4) is 0 Å². The molecule has 3 atom stereocenters. The van der Waals surface area contributed by atoms with E-state index >= 15 is 0 Å². The molecule has 9 heteroatoms. The normalized spacial score (nSPS) is 17.9. The summed E-state index contributed by atoms with van der Waals surface area (Å²) in [6.07, 6.45) is 3.10. The molecule has 2 N–H and O–H groups in total. The van der Waals surface area contributed by atoms with E-state index < -0.39 is 29.2 Å². The summed E-state index contributed by atoms with van der Waals surface area (Å²) in [6.45, 7) is 7.06. The Labute approximate surface area is 226 Å². The van der Waals surface area contributed by atoms with Crippen LogP contribution in [-0.2, 0) is 11.2 Å². The molecule has 1 aliphatic rings. The first kappa shape index (κ1) is 27.7. The first-order valence-electron chi connectivity index (χ1n) is 12.9. The molecule has 0 bridgehead atoms. The van der Waals surface area contributed by atoms with Gasteiger partial charge in [-0.05, 0) is 87.6 Å². The molecule has 0 aliphatic carbocycles. The molecule has 0 saturated carbocycles. The Morgan fingerprint density at radius 3 is 2.64 bits per heavy atom. The lowest BCUT2D eigenvalue weighted by molar-refractivity contribution is -0.137. The van der Waals surface area contributed by atoms with Gasteiger partial charge in [-0.3, -0.25) is 14.4 Å². The van der Waals surface area contributed by atoms with Crippen molar-refractivity contribution in [3.63, 3.8) is 0 Å². The minimum absolute atomic E-state index is 0.262. The minimum atomic E-state index is -0.876. The average molecular weight is 530 g/mol. The lowest BCUT2D eigenvalue weighted by atomic mass is 9.84. The lowest BCUT2D eigenvalue weighted by Gasteiger charge is -2.38. The third-order valence-corrected chi connectivity index (χ3v) is 7.51. The van der Waals surface area contributed by atoms with Crippen molar-refractivity contribution in [1.82, 2.24) is 20.4 Å². The molecular weight excluding hydrogens is 497 g/mol. The van der Waals surface area contributed by atoms with Gasteiger partial charge in [0.2, 0.25) is 5.91 Å². The number of amides is 2. The molecule has 202 valence electrons. The number of halogens is 1. The number of benzene rings is 2. The summed E-state index contributed by atoms with van der Waals surface area (Å²) in [7, 11) is 0. The molecule has 1 aliphatic heterocycles. The molecule has 4 rings (SSSR count). The zero-order valence-corrected chi connectivity index (χ0v) is 22.5. The predicted molar refractivity (Wildman–Crippen MR) is 144 cm³/mol. The van der Waals surface area contributed by atoms with E-state index in [1.54, 1.807) is 62.1 Å². The topological polar surface area (TPSA) is 119 Å². The second-order valence-electron chi connectivity index (χ2n) is 10.7.